The van der Waals surface area contributed by atoms with Crippen LogP contribution in [0.4, 0.5) is 5.69 Å². The SMILES string of the molecule is c1cc2c(cc1NCCCN1CCCC1)OCCCO2. The van der Waals surface area contributed by atoms with Gasteiger partial charge in [-0.15, -0.1) is 0 Å². The highest BCUT2D eigenvalue weighted by molar-refractivity contribution is 5.54. The van der Waals surface area contributed by atoms with Gasteiger partial charge in [-0.25, -0.2) is 0 Å². The fraction of sp³-hybridized carbons (Fsp3) is 0.625. The van der Waals surface area contributed by atoms with Crippen LogP contribution in [0.3, 0.4) is 0 Å². The lowest BCUT2D eigenvalue weighted by atomic mass is 10.2. The summed E-state index contributed by atoms with van der Waals surface area (Å²) in [5.41, 5.74) is 1.12. The van der Waals surface area contributed by atoms with Gasteiger partial charge in [0.05, 0.1) is 13.2 Å². The molecule has 2 aliphatic rings. The molecule has 0 unspecified atom stereocenters. The lowest BCUT2D eigenvalue weighted by molar-refractivity contribution is 0.297. The Morgan fingerprint density at radius 2 is 1.80 bits per heavy atom. The lowest BCUT2D eigenvalue weighted by Gasteiger charge is -2.15. The lowest BCUT2D eigenvalue weighted by Crippen LogP contribution is -2.22. The molecule has 1 saturated heterocycles. The third-order valence-electron chi connectivity index (χ3n) is 3.93. The summed E-state index contributed by atoms with van der Waals surface area (Å²) in [6.45, 7) is 6.27. The van der Waals surface area contributed by atoms with Crippen LogP contribution in [0.5, 0.6) is 11.5 Å². The summed E-state index contributed by atoms with van der Waals surface area (Å²) in [5.74, 6) is 1.73. The van der Waals surface area contributed by atoms with E-state index >= 15 is 0 Å². The topological polar surface area (TPSA) is 33.7 Å². The summed E-state index contributed by atoms with van der Waals surface area (Å²) in [5, 5.41) is 3.48. The smallest absolute Gasteiger partial charge is 0.163 e. The first-order chi connectivity index (χ1) is 9.92. The van der Waals surface area contributed by atoms with Crippen molar-refractivity contribution in [3.05, 3.63) is 18.2 Å². The van der Waals surface area contributed by atoms with Crippen molar-refractivity contribution in [2.45, 2.75) is 25.7 Å². The van der Waals surface area contributed by atoms with E-state index < -0.39 is 0 Å². The quantitative estimate of drug-likeness (QED) is 0.839. The maximum Gasteiger partial charge on any atom is 0.163 e. The van der Waals surface area contributed by atoms with Crippen LogP contribution < -0.4 is 14.8 Å². The highest BCUT2D eigenvalue weighted by Crippen LogP contribution is 2.32. The van der Waals surface area contributed by atoms with Crippen LogP contribution in [0, 0.1) is 0 Å². The van der Waals surface area contributed by atoms with Crippen molar-refractivity contribution in [2.24, 2.45) is 0 Å². The Morgan fingerprint density at radius 3 is 2.65 bits per heavy atom. The monoisotopic (exact) mass is 276 g/mol. The number of rotatable bonds is 5. The van der Waals surface area contributed by atoms with Crippen LogP contribution >= 0.6 is 0 Å². The number of hydrogen-bond acceptors (Lipinski definition) is 4. The molecule has 0 bridgehead atoms. The molecule has 0 aliphatic carbocycles. The summed E-state index contributed by atoms with van der Waals surface area (Å²) in [6, 6.07) is 6.13. The number of benzene rings is 1. The second kappa shape index (κ2) is 6.84. The van der Waals surface area contributed by atoms with Crippen molar-refractivity contribution in [3.8, 4) is 11.5 Å². The van der Waals surface area contributed by atoms with E-state index in [2.05, 4.69) is 22.3 Å². The van der Waals surface area contributed by atoms with E-state index in [4.69, 9.17) is 9.47 Å². The average molecular weight is 276 g/mol. The number of anilines is 1. The number of nitrogens with one attached hydrogen (secondary N) is 1. The van der Waals surface area contributed by atoms with Crippen molar-refractivity contribution in [2.75, 3.05) is 44.7 Å². The van der Waals surface area contributed by atoms with Gasteiger partial charge in [0.1, 0.15) is 0 Å². The maximum atomic E-state index is 5.70. The fourth-order valence-corrected chi connectivity index (χ4v) is 2.81. The van der Waals surface area contributed by atoms with E-state index in [0.717, 1.165) is 43.4 Å². The minimum atomic E-state index is 0.741. The molecule has 0 radical (unpaired) electrons. The Bertz CT molecular complexity index is 430. The standard InChI is InChI=1S/C16H24N2O2/c1-2-9-18(8-1)10-3-7-17-14-5-6-15-16(13-14)20-12-4-11-19-15/h5-6,13,17H,1-4,7-12H2. The van der Waals surface area contributed by atoms with E-state index in [-0.39, 0.29) is 0 Å². The molecule has 20 heavy (non-hydrogen) atoms. The third kappa shape index (κ3) is 3.57. The average Bonchev–Trinajstić information content (AvgIpc) is 2.87. The molecule has 0 aromatic heterocycles. The van der Waals surface area contributed by atoms with E-state index in [1.807, 2.05) is 6.07 Å². The number of hydrogen-bond donors (Lipinski definition) is 1. The fourth-order valence-electron chi connectivity index (χ4n) is 2.81. The Kier molecular flexibility index (Phi) is 4.64. The largest absolute Gasteiger partial charge is 0.490 e. The first-order valence-corrected chi connectivity index (χ1v) is 7.78. The predicted molar refractivity (Wildman–Crippen MR) is 80.8 cm³/mol. The molecule has 4 heteroatoms. The molecule has 4 nitrogen and oxygen atoms in total. The number of ether oxygens (including phenoxy) is 2. The van der Waals surface area contributed by atoms with Crippen LogP contribution in [-0.4, -0.2) is 44.3 Å². The van der Waals surface area contributed by atoms with E-state index in [1.54, 1.807) is 0 Å². The third-order valence-corrected chi connectivity index (χ3v) is 3.93. The van der Waals surface area contributed by atoms with Gasteiger partial charge in [-0.2, -0.15) is 0 Å². The Morgan fingerprint density at radius 1 is 1.00 bits per heavy atom. The van der Waals surface area contributed by atoms with Crippen molar-refractivity contribution in [3.63, 3.8) is 0 Å². The van der Waals surface area contributed by atoms with Gasteiger partial charge in [0.2, 0.25) is 0 Å². The molecular formula is C16H24N2O2. The minimum Gasteiger partial charge on any atom is -0.490 e. The molecule has 1 aromatic rings. The summed E-state index contributed by atoms with van der Waals surface area (Å²) >= 11 is 0. The molecular weight excluding hydrogens is 252 g/mol. The van der Waals surface area contributed by atoms with Gasteiger partial charge in [-0.3, -0.25) is 0 Å². The van der Waals surface area contributed by atoms with Gasteiger partial charge in [-0.05, 0) is 51.0 Å². The van der Waals surface area contributed by atoms with Crippen LogP contribution in [0.1, 0.15) is 25.7 Å². The van der Waals surface area contributed by atoms with Crippen molar-refractivity contribution in [1.82, 2.24) is 4.90 Å². The van der Waals surface area contributed by atoms with Crippen LogP contribution in [0.15, 0.2) is 18.2 Å². The second-order valence-corrected chi connectivity index (χ2v) is 5.54. The Labute approximate surface area is 121 Å². The van der Waals surface area contributed by atoms with Gasteiger partial charge >= 0.3 is 0 Å². The molecule has 0 amide bonds. The Hall–Kier alpha value is -1.42. The van der Waals surface area contributed by atoms with Crippen LogP contribution in [-0.2, 0) is 0 Å². The van der Waals surface area contributed by atoms with Gasteiger partial charge in [0, 0.05) is 24.7 Å². The molecule has 0 saturated carbocycles. The molecule has 110 valence electrons. The van der Waals surface area contributed by atoms with E-state index in [9.17, 15) is 0 Å². The molecule has 0 spiro atoms. The van der Waals surface area contributed by atoms with E-state index in [1.165, 1.54) is 38.9 Å². The molecule has 1 fully saturated rings. The molecule has 2 heterocycles. The van der Waals surface area contributed by atoms with Gasteiger partial charge < -0.3 is 19.7 Å². The van der Waals surface area contributed by atoms with Crippen molar-refractivity contribution in [1.29, 1.82) is 0 Å². The molecule has 1 aromatic carbocycles. The summed E-state index contributed by atoms with van der Waals surface area (Å²) in [7, 11) is 0. The van der Waals surface area contributed by atoms with Crippen LogP contribution in [0.25, 0.3) is 0 Å². The predicted octanol–water partition coefficient (Wildman–Crippen LogP) is 2.75. The van der Waals surface area contributed by atoms with Crippen molar-refractivity contribution >= 4 is 5.69 Å². The minimum absolute atomic E-state index is 0.741. The zero-order valence-corrected chi connectivity index (χ0v) is 12.1. The van der Waals surface area contributed by atoms with Gasteiger partial charge in [-0.1, -0.05) is 0 Å². The molecule has 1 N–H and O–H groups in total. The van der Waals surface area contributed by atoms with Crippen LogP contribution in [0.2, 0.25) is 0 Å². The molecule has 2 aliphatic heterocycles. The zero-order chi connectivity index (χ0) is 13.6. The normalized spacial score (nSPS) is 18.8. The van der Waals surface area contributed by atoms with Gasteiger partial charge in [0.15, 0.2) is 11.5 Å². The summed E-state index contributed by atoms with van der Waals surface area (Å²) in [6.07, 6.45) is 4.88. The molecule has 3 rings (SSSR count). The number of nitrogens with zero attached hydrogens (tertiary/aromatic N) is 1. The maximum absolute atomic E-state index is 5.70. The van der Waals surface area contributed by atoms with Gasteiger partial charge in [0.25, 0.3) is 0 Å². The highest BCUT2D eigenvalue weighted by Gasteiger charge is 2.11. The Balaban J connectivity index is 1.46. The first kappa shape index (κ1) is 13.6. The van der Waals surface area contributed by atoms with E-state index in [0.29, 0.717) is 0 Å². The molecule has 0 atom stereocenters. The second-order valence-electron chi connectivity index (χ2n) is 5.54. The summed E-state index contributed by atoms with van der Waals surface area (Å²) < 4.78 is 11.3. The number of likely N-dealkylation sites (tertiary alicyclic amines) is 1. The first-order valence-electron chi connectivity index (χ1n) is 7.78. The zero-order valence-electron chi connectivity index (χ0n) is 12.1. The number of fused-ring (bicyclic) bond motifs is 1. The highest BCUT2D eigenvalue weighted by atomic mass is 16.5. The van der Waals surface area contributed by atoms with Crippen molar-refractivity contribution < 1.29 is 9.47 Å². The summed E-state index contributed by atoms with van der Waals surface area (Å²) in [4.78, 5) is 2.55.